The quantitative estimate of drug-likeness (QED) is 0.723. The number of hydrogen-bond donors (Lipinski definition) is 0. The van der Waals surface area contributed by atoms with Crippen LogP contribution < -0.4 is 0 Å². The molecule has 1 atom stereocenters. The van der Waals surface area contributed by atoms with Gasteiger partial charge in [0.2, 0.25) is 11.6 Å². The van der Waals surface area contributed by atoms with Crippen molar-refractivity contribution in [3.05, 3.63) is 35.9 Å². The Kier molecular flexibility index (Phi) is 2.81. The first-order chi connectivity index (χ1) is 7.68. The predicted octanol–water partition coefficient (Wildman–Crippen LogP) is 1.66. The maximum absolute atomic E-state index is 11.4. The average Bonchev–Trinajstić information content (AvgIpc) is 2.78. The van der Waals surface area contributed by atoms with Gasteiger partial charge in [-0.15, -0.1) is 0 Å². The molecule has 16 heavy (non-hydrogen) atoms. The van der Waals surface area contributed by atoms with Gasteiger partial charge in [0.05, 0.1) is 0 Å². The van der Waals surface area contributed by atoms with Crippen LogP contribution in [0.4, 0.5) is 0 Å². The minimum Gasteiger partial charge on any atom is -0.387 e. The zero-order chi connectivity index (χ0) is 11.5. The second kappa shape index (κ2) is 4.26. The molecule has 1 aromatic carbocycles. The number of carbonyl (C=O) groups is 2. The molecule has 2 rings (SSSR count). The third-order valence-corrected chi connectivity index (χ3v) is 2.42. The SMILES string of the molecule is CC(=O)C(=O)C1=NO[C@@H](c2ccccc2)C1. The van der Waals surface area contributed by atoms with E-state index in [0.717, 1.165) is 5.56 Å². The van der Waals surface area contributed by atoms with Gasteiger partial charge in [0.25, 0.3) is 0 Å². The molecular formula is C12H11NO3. The monoisotopic (exact) mass is 217 g/mol. The smallest absolute Gasteiger partial charge is 0.245 e. The number of rotatable bonds is 3. The Morgan fingerprint density at radius 2 is 2.00 bits per heavy atom. The van der Waals surface area contributed by atoms with Gasteiger partial charge in [-0.05, 0) is 5.56 Å². The van der Waals surface area contributed by atoms with Crippen LogP contribution in [0.3, 0.4) is 0 Å². The van der Waals surface area contributed by atoms with Crippen LogP contribution in [0.15, 0.2) is 35.5 Å². The fourth-order valence-electron chi connectivity index (χ4n) is 1.56. The Morgan fingerprint density at radius 3 is 2.62 bits per heavy atom. The molecule has 0 fully saturated rings. The molecule has 0 unspecified atom stereocenters. The molecule has 0 N–H and O–H groups in total. The van der Waals surface area contributed by atoms with E-state index in [1.807, 2.05) is 30.3 Å². The fourth-order valence-corrected chi connectivity index (χ4v) is 1.56. The van der Waals surface area contributed by atoms with Crippen LogP contribution in [0.5, 0.6) is 0 Å². The zero-order valence-electron chi connectivity index (χ0n) is 8.84. The van der Waals surface area contributed by atoms with E-state index in [9.17, 15) is 9.59 Å². The molecule has 0 bridgehead atoms. The van der Waals surface area contributed by atoms with Crippen LogP contribution in [-0.2, 0) is 14.4 Å². The van der Waals surface area contributed by atoms with Crippen molar-refractivity contribution < 1.29 is 14.4 Å². The zero-order valence-corrected chi connectivity index (χ0v) is 8.84. The van der Waals surface area contributed by atoms with Crippen LogP contribution in [0.2, 0.25) is 0 Å². The Balaban J connectivity index is 2.08. The van der Waals surface area contributed by atoms with Gasteiger partial charge in [-0.1, -0.05) is 35.5 Å². The second-order valence-electron chi connectivity index (χ2n) is 3.63. The highest BCUT2D eigenvalue weighted by molar-refractivity contribution is 6.64. The number of hydrogen-bond acceptors (Lipinski definition) is 4. The van der Waals surface area contributed by atoms with Crippen molar-refractivity contribution in [2.75, 3.05) is 0 Å². The molecule has 0 saturated carbocycles. The van der Waals surface area contributed by atoms with Crippen molar-refractivity contribution >= 4 is 17.3 Å². The van der Waals surface area contributed by atoms with Gasteiger partial charge in [0, 0.05) is 13.3 Å². The Bertz CT molecular complexity index is 451. The standard InChI is InChI=1S/C12H11NO3/c1-8(14)12(15)10-7-11(16-13-10)9-5-3-2-4-6-9/h2-6,11H,7H2,1H3/t11-/m1/s1. The minimum absolute atomic E-state index is 0.210. The summed E-state index contributed by atoms with van der Waals surface area (Å²) in [4.78, 5) is 27.4. The van der Waals surface area contributed by atoms with E-state index in [-0.39, 0.29) is 11.8 Å². The van der Waals surface area contributed by atoms with Crippen LogP contribution in [0, 0.1) is 0 Å². The van der Waals surface area contributed by atoms with Crippen LogP contribution >= 0.6 is 0 Å². The van der Waals surface area contributed by atoms with Crippen LogP contribution in [0.1, 0.15) is 25.0 Å². The van der Waals surface area contributed by atoms with Crippen LogP contribution in [0.25, 0.3) is 0 Å². The van der Waals surface area contributed by atoms with Crippen molar-refractivity contribution in [1.29, 1.82) is 0 Å². The molecule has 0 aliphatic carbocycles. The lowest BCUT2D eigenvalue weighted by molar-refractivity contribution is -0.131. The highest BCUT2D eigenvalue weighted by Gasteiger charge is 2.28. The van der Waals surface area contributed by atoms with E-state index in [4.69, 9.17) is 4.84 Å². The van der Waals surface area contributed by atoms with E-state index < -0.39 is 11.6 Å². The number of benzene rings is 1. The molecule has 0 spiro atoms. The maximum atomic E-state index is 11.4. The lowest BCUT2D eigenvalue weighted by atomic mass is 10.0. The normalized spacial score (nSPS) is 18.8. The molecule has 1 aliphatic rings. The number of nitrogens with zero attached hydrogens (tertiary/aromatic N) is 1. The molecule has 0 aromatic heterocycles. The number of carbonyl (C=O) groups excluding carboxylic acids is 2. The molecule has 1 aliphatic heterocycles. The predicted molar refractivity (Wildman–Crippen MR) is 58.0 cm³/mol. The molecule has 1 aromatic rings. The van der Waals surface area contributed by atoms with E-state index in [0.29, 0.717) is 6.42 Å². The lowest BCUT2D eigenvalue weighted by Crippen LogP contribution is -2.20. The maximum Gasteiger partial charge on any atom is 0.245 e. The van der Waals surface area contributed by atoms with Gasteiger partial charge >= 0.3 is 0 Å². The minimum atomic E-state index is -0.557. The number of Topliss-reactive ketones (excluding diaryl/α,β-unsaturated/α-hetero) is 2. The van der Waals surface area contributed by atoms with Crippen molar-refractivity contribution in [3.63, 3.8) is 0 Å². The summed E-state index contributed by atoms with van der Waals surface area (Å²) in [7, 11) is 0. The highest BCUT2D eigenvalue weighted by atomic mass is 16.6. The molecule has 4 heteroatoms. The molecule has 0 saturated heterocycles. The third-order valence-electron chi connectivity index (χ3n) is 2.42. The van der Waals surface area contributed by atoms with Crippen molar-refractivity contribution in [2.45, 2.75) is 19.4 Å². The summed E-state index contributed by atoms with van der Waals surface area (Å²) in [6.45, 7) is 1.24. The summed E-state index contributed by atoms with van der Waals surface area (Å²) >= 11 is 0. The summed E-state index contributed by atoms with van der Waals surface area (Å²) in [5, 5.41) is 3.66. The van der Waals surface area contributed by atoms with E-state index >= 15 is 0 Å². The summed E-state index contributed by atoms with van der Waals surface area (Å²) in [5.74, 6) is -1.06. The average molecular weight is 217 g/mol. The molecule has 1 heterocycles. The Labute approximate surface area is 92.9 Å². The number of oxime groups is 1. The summed E-state index contributed by atoms with van der Waals surface area (Å²) < 4.78 is 0. The van der Waals surface area contributed by atoms with Gasteiger partial charge in [0.15, 0.2) is 6.10 Å². The van der Waals surface area contributed by atoms with Crippen molar-refractivity contribution in [3.8, 4) is 0 Å². The summed E-state index contributed by atoms with van der Waals surface area (Å²) in [6.07, 6.45) is 0.113. The summed E-state index contributed by atoms with van der Waals surface area (Å²) in [5.41, 5.74) is 1.17. The molecular weight excluding hydrogens is 206 g/mol. The van der Waals surface area contributed by atoms with Crippen molar-refractivity contribution in [1.82, 2.24) is 0 Å². The van der Waals surface area contributed by atoms with E-state index in [2.05, 4.69) is 5.16 Å². The lowest BCUT2D eigenvalue weighted by Gasteiger charge is -2.06. The largest absolute Gasteiger partial charge is 0.387 e. The molecule has 82 valence electrons. The Morgan fingerprint density at radius 1 is 1.31 bits per heavy atom. The first kappa shape index (κ1) is 10.5. The van der Waals surface area contributed by atoms with Crippen LogP contribution in [-0.4, -0.2) is 17.3 Å². The highest BCUT2D eigenvalue weighted by Crippen LogP contribution is 2.27. The van der Waals surface area contributed by atoms with E-state index in [1.165, 1.54) is 6.92 Å². The van der Waals surface area contributed by atoms with Gasteiger partial charge in [-0.2, -0.15) is 0 Å². The number of ketones is 2. The van der Waals surface area contributed by atoms with Gasteiger partial charge in [-0.25, -0.2) is 0 Å². The first-order valence-electron chi connectivity index (χ1n) is 5.01. The first-order valence-corrected chi connectivity index (χ1v) is 5.01. The fraction of sp³-hybridized carbons (Fsp3) is 0.250. The van der Waals surface area contributed by atoms with Gasteiger partial charge in [0.1, 0.15) is 5.71 Å². The van der Waals surface area contributed by atoms with Gasteiger partial charge < -0.3 is 4.84 Å². The molecule has 0 amide bonds. The second-order valence-corrected chi connectivity index (χ2v) is 3.63. The summed E-state index contributed by atoms with van der Waals surface area (Å²) in [6, 6.07) is 9.50. The molecule has 0 radical (unpaired) electrons. The van der Waals surface area contributed by atoms with Crippen molar-refractivity contribution in [2.24, 2.45) is 5.16 Å². The molecule has 4 nitrogen and oxygen atoms in total. The third kappa shape index (κ3) is 2.00. The Hall–Kier alpha value is -1.97. The van der Waals surface area contributed by atoms with Gasteiger partial charge in [-0.3, -0.25) is 9.59 Å². The van der Waals surface area contributed by atoms with E-state index in [1.54, 1.807) is 0 Å². The topological polar surface area (TPSA) is 55.7 Å².